The molecule has 1 amide bonds. The summed E-state index contributed by atoms with van der Waals surface area (Å²) in [4.78, 5) is 22.9. The summed E-state index contributed by atoms with van der Waals surface area (Å²) in [5.41, 5.74) is 2.12. The Hall–Kier alpha value is -3.28. The Morgan fingerprint density at radius 3 is 2.58 bits per heavy atom. The maximum atomic E-state index is 12.1. The van der Waals surface area contributed by atoms with Crippen LogP contribution in [0.4, 0.5) is 0 Å². The molecule has 0 radical (unpaired) electrons. The first-order chi connectivity index (χ1) is 12.6. The molecule has 0 saturated heterocycles. The zero-order valence-electron chi connectivity index (χ0n) is 14.4. The minimum Gasteiger partial charge on any atom is -0.496 e. The Kier molecular flexibility index (Phi) is 5.22. The van der Waals surface area contributed by atoms with E-state index in [1.165, 1.54) is 12.1 Å². The number of carbonyl (C=O) groups excluding carboxylic acids is 1. The molecule has 6 heteroatoms. The van der Waals surface area contributed by atoms with Crippen molar-refractivity contribution in [1.29, 1.82) is 0 Å². The van der Waals surface area contributed by atoms with Crippen LogP contribution in [0.5, 0.6) is 5.75 Å². The second-order valence-electron chi connectivity index (χ2n) is 5.93. The van der Waals surface area contributed by atoms with Gasteiger partial charge in [-0.05, 0) is 35.9 Å². The number of nitrogens with zero attached hydrogens (tertiary/aromatic N) is 1. The highest BCUT2D eigenvalue weighted by Crippen LogP contribution is 2.26. The number of aromatic carboxylic acids is 1. The highest BCUT2D eigenvalue weighted by molar-refractivity contribution is 5.87. The summed E-state index contributed by atoms with van der Waals surface area (Å²) in [6.07, 6.45) is 2.30. The van der Waals surface area contributed by atoms with Crippen molar-refractivity contribution in [3.05, 3.63) is 65.9 Å². The van der Waals surface area contributed by atoms with E-state index in [4.69, 9.17) is 9.84 Å². The van der Waals surface area contributed by atoms with Crippen molar-refractivity contribution in [3.8, 4) is 5.75 Å². The van der Waals surface area contributed by atoms with E-state index in [9.17, 15) is 9.59 Å². The number of hydrogen-bond acceptors (Lipinski definition) is 3. The summed E-state index contributed by atoms with van der Waals surface area (Å²) in [6, 6.07) is 14.3. The number of rotatable bonds is 7. The van der Waals surface area contributed by atoms with Crippen LogP contribution in [0.3, 0.4) is 0 Å². The molecule has 0 bridgehead atoms. The predicted molar refractivity (Wildman–Crippen MR) is 98.4 cm³/mol. The summed E-state index contributed by atoms with van der Waals surface area (Å²) in [6.45, 7) is 0.944. The van der Waals surface area contributed by atoms with Gasteiger partial charge in [-0.25, -0.2) is 4.79 Å². The predicted octanol–water partition coefficient (Wildman–Crippen LogP) is 3.05. The van der Waals surface area contributed by atoms with Crippen LogP contribution in [0.15, 0.2) is 54.7 Å². The van der Waals surface area contributed by atoms with Crippen molar-refractivity contribution in [3.63, 3.8) is 0 Å². The number of carbonyl (C=O) groups is 2. The molecule has 0 aliphatic heterocycles. The molecule has 1 aromatic heterocycles. The molecule has 0 fully saturated rings. The SMILES string of the molecule is COc1cccc2c1ccn2CCC(=O)NCc1ccc(C(=O)O)cc1. The fourth-order valence-corrected chi connectivity index (χ4v) is 2.84. The highest BCUT2D eigenvalue weighted by atomic mass is 16.5. The first kappa shape index (κ1) is 17.5. The van der Waals surface area contributed by atoms with Gasteiger partial charge in [-0.3, -0.25) is 4.79 Å². The quantitative estimate of drug-likeness (QED) is 0.685. The number of nitrogens with one attached hydrogen (secondary N) is 1. The van der Waals surface area contributed by atoms with Gasteiger partial charge in [0.15, 0.2) is 0 Å². The van der Waals surface area contributed by atoms with Crippen molar-refractivity contribution >= 4 is 22.8 Å². The molecule has 0 saturated carbocycles. The Labute approximate surface area is 151 Å². The number of ether oxygens (including phenoxy) is 1. The standard InChI is InChI=1S/C20H20N2O4/c1-26-18-4-2-3-17-16(18)9-11-22(17)12-10-19(23)21-13-14-5-7-15(8-6-14)20(24)25/h2-9,11H,10,12-13H2,1H3,(H,21,23)(H,24,25). The van der Waals surface area contributed by atoms with Crippen molar-refractivity contribution in [2.45, 2.75) is 19.5 Å². The number of benzene rings is 2. The lowest BCUT2D eigenvalue weighted by molar-refractivity contribution is -0.121. The van der Waals surface area contributed by atoms with Gasteiger partial charge in [0.25, 0.3) is 0 Å². The monoisotopic (exact) mass is 352 g/mol. The van der Waals surface area contributed by atoms with Gasteiger partial charge in [-0.1, -0.05) is 18.2 Å². The van der Waals surface area contributed by atoms with Gasteiger partial charge < -0.3 is 19.7 Å². The van der Waals surface area contributed by atoms with Gasteiger partial charge in [0.05, 0.1) is 18.2 Å². The van der Waals surface area contributed by atoms with Gasteiger partial charge in [-0.15, -0.1) is 0 Å². The molecular weight excluding hydrogens is 332 g/mol. The summed E-state index contributed by atoms with van der Waals surface area (Å²) < 4.78 is 7.37. The van der Waals surface area contributed by atoms with Gasteiger partial charge in [0.2, 0.25) is 5.91 Å². The molecule has 3 rings (SSSR count). The van der Waals surface area contributed by atoms with Crippen LogP contribution in [0.25, 0.3) is 10.9 Å². The molecule has 2 N–H and O–H groups in total. The zero-order valence-corrected chi connectivity index (χ0v) is 14.4. The lowest BCUT2D eigenvalue weighted by Crippen LogP contribution is -2.23. The molecule has 6 nitrogen and oxygen atoms in total. The van der Waals surface area contributed by atoms with Crippen molar-refractivity contribution in [2.24, 2.45) is 0 Å². The minimum absolute atomic E-state index is 0.0583. The lowest BCUT2D eigenvalue weighted by Gasteiger charge is -2.08. The number of aromatic nitrogens is 1. The number of methoxy groups -OCH3 is 1. The molecule has 1 heterocycles. The summed E-state index contributed by atoms with van der Waals surface area (Å²) in [7, 11) is 1.64. The number of amides is 1. The van der Waals surface area contributed by atoms with Crippen molar-refractivity contribution < 1.29 is 19.4 Å². The first-order valence-corrected chi connectivity index (χ1v) is 8.29. The van der Waals surface area contributed by atoms with Crippen LogP contribution in [-0.4, -0.2) is 28.7 Å². The van der Waals surface area contributed by atoms with E-state index >= 15 is 0 Å². The molecule has 0 aliphatic carbocycles. The molecule has 26 heavy (non-hydrogen) atoms. The largest absolute Gasteiger partial charge is 0.496 e. The van der Waals surface area contributed by atoms with Crippen molar-refractivity contribution in [2.75, 3.05) is 7.11 Å². The average Bonchev–Trinajstić information content (AvgIpc) is 3.08. The van der Waals surface area contributed by atoms with E-state index in [2.05, 4.69) is 5.32 Å². The molecule has 0 atom stereocenters. The molecule has 3 aromatic rings. The van der Waals surface area contributed by atoms with Crippen LogP contribution in [0, 0.1) is 0 Å². The fraction of sp³-hybridized carbons (Fsp3) is 0.200. The summed E-state index contributed by atoms with van der Waals surface area (Å²) >= 11 is 0. The number of hydrogen-bond donors (Lipinski definition) is 2. The smallest absolute Gasteiger partial charge is 0.335 e. The molecule has 134 valence electrons. The van der Waals surface area contributed by atoms with Crippen molar-refractivity contribution in [1.82, 2.24) is 9.88 Å². The number of aryl methyl sites for hydroxylation is 1. The van der Waals surface area contributed by atoms with Crippen LogP contribution in [0.1, 0.15) is 22.3 Å². The lowest BCUT2D eigenvalue weighted by atomic mass is 10.1. The first-order valence-electron chi connectivity index (χ1n) is 8.29. The molecule has 2 aromatic carbocycles. The number of fused-ring (bicyclic) bond motifs is 1. The maximum absolute atomic E-state index is 12.1. The van der Waals surface area contributed by atoms with E-state index in [0.717, 1.165) is 22.2 Å². The third kappa shape index (κ3) is 3.85. The van der Waals surface area contributed by atoms with Gasteiger partial charge in [-0.2, -0.15) is 0 Å². The van der Waals surface area contributed by atoms with E-state index in [1.54, 1.807) is 19.2 Å². The van der Waals surface area contributed by atoms with Crippen LogP contribution >= 0.6 is 0 Å². The van der Waals surface area contributed by atoms with Crippen LogP contribution in [0.2, 0.25) is 0 Å². The van der Waals surface area contributed by atoms with Crippen LogP contribution < -0.4 is 10.1 Å². The summed E-state index contributed by atoms with van der Waals surface area (Å²) in [5.74, 6) is -0.205. The van der Waals surface area contributed by atoms with E-state index in [0.29, 0.717) is 19.5 Å². The maximum Gasteiger partial charge on any atom is 0.335 e. The molecule has 0 aliphatic rings. The second-order valence-corrected chi connectivity index (χ2v) is 5.93. The fourth-order valence-electron chi connectivity index (χ4n) is 2.84. The number of carboxylic acids is 1. The highest BCUT2D eigenvalue weighted by Gasteiger charge is 2.08. The second kappa shape index (κ2) is 7.74. The molecule has 0 unspecified atom stereocenters. The van der Waals surface area contributed by atoms with Gasteiger partial charge in [0.1, 0.15) is 5.75 Å². The summed E-state index contributed by atoms with van der Waals surface area (Å²) in [5, 5.41) is 12.8. The number of carboxylic acid groups (broad SMARTS) is 1. The van der Waals surface area contributed by atoms with Gasteiger partial charge in [0, 0.05) is 31.1 Å². The molecular formula is C20H20N2O4. The Balaban J connectivity index is 1.55. The Morgan fingerprint density at radius 1 is 1.12 bits per heavy atom. The minimum atomic E-state index is -0.962. The van der Waals surface area contributed by atoms with E-state index < -0.39 is 5.97 Å². The topological polar surface area (TPSA) is 80.6 Å². The van der Waals surface area contributed by atoms with E-state index in [1.807, 2.05) is 35.0 Å². The van der Waals surface area contributed by atoms with E-state index in [-0.39, 0.29) is 11.5 Å². The zero-order chi connectivity index (χ0) is 18.5. The Morgan fingerprint density at radius 2 is 1.88 bits per heavy atom. The average molecular weight is 352 g/mol. The van der Waals surface area contributed by atoms with Gasteiger partial charge >= 0.3 is 5.97 Å². The third-order valence-electron chi connectivity index (χ3n) is 4.26. The van der Waals surface area contributed by atoms with Crippen LogP contribution in [-0.2, 0) is 17.9 Å². The third-order valence-corrected chi connectivity index (χ3v) is 4.26. The Bertz CT molecular complexity index is 929. The normalized spacial score (nSPS) is 10.7. The molecule has 0 spiro atoms.